The Bertz CT molecular complexity index is 2440. The molecule has 0 bridgehead atoms. The van der Waals surface area contributed by atoms with Crippen molar-refractivity contribution in [1.82, 2.24) is 39.4 Å². The number of phosphoric ester groups is 2. The summed E-state index contributed by atoms with van der Waals surface area (Å²) in [5.74, 6) is -2.72. The summed E-state index contributed by atoms with van der Waals surface area (Å²) in [6, 6.07) is 0.735. The number of aliphatic hydroxyl groups is 2. The van der Waals surface area contributed by atoms with Crippen LogP contribution in [0.1, 0.15) is 30.9 Å². The number of fused-ring (bicyclic) bond motifs is 1. The lowest BCUT2D eigenvalue weighted by Gasteiger charge is -2.26. The van der Waals surface area contributed by atoms with E-state index in [1.807, 2.05) is 0 Å². The zero-order valence-corrected chi connectivity index (χ0v) is 34.2. The predicted octanol–water partition coefficient (Wildman–Crippen LogP) is -1.51. The molecule has 0 aliphatic carbocycles. The first kappa shape index (κ1) is 47.3. The normalized spacial score (nSPS) is 25.1. The summed E-state index contributed by atoms with van der Waals surface area (Å²) < 4.78 is 78.5. The molecule has 2 unspecified atom stereocenters. The number of hydrogen-bond acceptors (Lipinski definition) is 21. The van der Waals surface area contributed by atoms with E-state index in [4.69, 9.17) is 39.5 Å². The van der Waals surface area contributed by atoms with Gasteiger partial charge in [0.15, 0.2) is 36.1 Å². The number of aliphatic hydroxyl groups excluding tert-OH is 2. The fourth-order valence-corrected chi connectivity index (χ4v) is 7.66. The third kappa shape index (κ3) is 11.9. The highest BCUT2D eigenvalue weighted by Gasteiger charge is 2.52. The van der Waals surface area contributed by atoms with Crippen molar-refractivity contribution in [2.75, 3.05) is 31.3 Å². The first-order valence-electron chi connectivity index (χ1n) is 18.4. The van der Waals surface area contributed by atoms with Gasteiger partial charge in [0.1, 0.15) is 54.0 Å². The highest BCUT2D eigenvalue weighted by Crippen LogP contribution is 2.50. The van der Waals surface area contributed by atoms with Crippen LogP contribution in [0.15, 0.2) is 60.8 Å². The van der Waals surface area contributed by atoms with E-state index in [2.05, 4.69) is 41.3 Å². The molecule has 0 aromatic carbocycles. The Balaban J connectivity index is 1.23. The van der Waals surface area contributed by atoms with Crippen molar-refractivity contribution in [1.29, 1.82) is 0 Å². The van der Waals surface area contributed by atoms with Gasteiger partial charge in [-0.25, -0.2) is 38.1 Å². The van der Waals surface area contributed by atoms with Crippen molar-refractivity contribution >= 4 is 50.3 Å². The number of allylic oxidation sites excluding steroid dienone is 1. The number of nitrogens with two attached hydrogens (primary N) is 2. The van der Waals surface area contributed by atoms with Crippen LogP contribution in [0.5, 0.6) is 0 Å². The maximum atomic E-state index is 13.8. The Hall–Kier alpha value is -5.19. The number of pyridine rings is 1. The molecule has 342 valence electrons. The average Bonchev–Trinajstić information content (AvgIpc) is 3.88. The molecule has 0 saturated carbocycles. The monoisotopic (exact) mass is 930 g/mol. The Morgan fingerprint density at radius 1 is 1.02 bits per heavy atom. The number of ether oxygens (including phenoxy) is 4. The number of amides is 1. The van der Waals surface area contributed by atoms with Gasteiger partial charge in [-0.05, 0) is 24.1 Å². The van der Waals surface area contributed by atoms with Crippen LogP contribution in [0.4, 0.5) is 16.0 Å². The first-order chi connectivity index (χ1) is 29.8. The number of imidazole rings is 1. The maximum Gasteiger partial charge on any atom is 0.472 e. The van der Waals surface area contributed by atoms with Crippen LogP contribution in [0.2, 0.25) is 0 Å². The number of aromatic nitrogens is 7. The molecule has 4 aromatic rings. The summed E-state index contributed by atoms with van der Waals surface area (Å²) in [5.41, 5.74) is 10.8. The minimum atomic E-state index is -5.46. The molecule has 6 rings (SSSR count). The highest BCUT2D eigenvalue weighted by atomic mass is 31.2. The third-order valence-corrected chi connectivity index (χ3v) is 10.7. The van der Waals surface area contributed by atoms with E-state index < -0.39 is 114 Å². The lowest BCUT2D eigenvalue weighted by molar-refractivity contribution is -0.162. The smallest absolute Gasteiger partial charge is 0.455 e. The lowest BCUT2D eigenvalue weighted by atomic mass is 10.1. The fraction of sp³-hybridized carbons (Fsp3) is 0.455. The topological polar surface area (TPSA) is 389 Å². The van der Waals surface area contributed by atoms with Gasteiger partial charge < -0.3 is 60.6 Å². The molecule has 10 N–H and O–H groups in total. The number of carbonyl (C=O) groups is 2. The average molecular weight is 931 g/mol. The van der Waals surface area contributed by atoms with Crippen LogP contribution >= 0.6 is 15.6 Å². The first-order valence-corrected chi connectivity index (χ1v) is 21.4. The molecule has 10 atom stereocenters. The van der Waals surface area contributed by atoms with Gasteiger partial charge in [0.25, 0.3) is 0 Å². The molecule has 2 saturated heterocycles. The van der Waals surface area contributed by atoms with Crippen molar-refractivity contribution in [2.24, 2.45) is 0 Å². The number of halogens is 1. The van der Waals surface area contributed by atoms with Crippen LogP contribution in [0, 0.1) is 5.82 Å². The van der Waals surface area contributed by atoms with E-state index in [0.717, 1.165) is 35.4 Å². The van der Waals surface area contributed by atoms with Crippen LogP contribution in [0.25, 0.3) is 11.2 Å². The summed E-state index contributed by atoms with van der Waals surface area (Å²) in [6.45, 7) is 0.696. The van der Waals surface area contributed by atoms with Gasteiger partial charge in [0.05, 0.1) is 39.0 Å². The SMILES string of the molecule is C=CCCC(=O)NC(COCc1cncc(F)c1)C(=O)O[C@H]1[C@@H](O)[C@H](n2cnc3c(N)ncnc32)O[C@H]1COP(=O)(O)O[C@H]1[C@@H](O)[C@H](n2ccc(N)nc2=O)O[C@@H]1COP(=O)(O)O. The molecule has 63 heavy (non-hydrogen) atoms. The van der Waals surface area contributed by atoms with Crippen molar-refractivity contribution in [3.63, 3.8) is 0 Å². The molecule has 6 heterocycles. The van der Waals surface area contributed by atoms with Crippen LogP contribution in [-0.4, -0.2) is 133 Å². The molecule has 30 heteroatoms. The van der Waals surface area contributed by atoms with Gasteiger partial charge in [0, 0.05) is 18.8 Å². The quantitative estimate of drug-likeness (QED) is 0.0284. The largest absolute Gasteiger partial charge is 0.472 e. The van der Waals surface area contributed by atoms with Crippen molar-refractivity contribution < 1.29 is 80.5 Å². The van der Waals surface area contributed by atoms with Gasteiger partial charge in [-0.1, -0.05) is 6.08 Å². The molecule has 27 nitrogen and oxygen atoms in total. The van der Waals surface area contributed by atoms with Crippen molar-refractivity contribution in [2.45, 2.75) is 74.6 Å². The van der Waals surface area contributed by atoms with Gasteiger partial charge in [0.2, 0.25) is 5.91 Å². The van der Waals surface area contributed by atoms with E-state index in [-0.39, 0.29) is 47.8 Å². The molecular weight excluding hydrogens is 889 g/mol. The maximum absolute atomic E-state index is 13.8. The second-order valence-electron chi connectivity index (χ2n) is 13.7. The number of rotatable bonds is 20. The van der Waals surface area contributed by atoms with Crippen LogP contribution < -0.4 is 22.5 Å². The second kappa shape index (κ2) is 20.1. The molecule has 0 spiro atoms. The fourth-order valence-electron chi connectivity index (χ4n) is 6.35. The lowest BCUT2D eigenvalue weighted by Crippen LogP contribution is -2.48. The van der Waals surface area contributed by atoms with E-state index in [1.54, 1.807) is 0 Å². The number of nitrogen functional groups attached to an aromatic ring is 2. The highest BCUT2D eigenvalue weighted by molar-refractivity contribution is 7.47. The number of esters is 1. The van der Waals surface area contributed by atoms with E-state index in [1.165, 1.54) is 23.2 Å². The minimum absolute atomic E-state index is 0.0427. The molecule has 2 aliphatic rings. The number of nitrogens with zero attached hydrogens (tertiary/aromatic N) is 7. The van der Waals surface area contributed by atoms with E-state index >= 15 is 0 Å². The Kier molecular flexibility index (Phi) is 15.1. The summed E-state index contributed by atoms with van der Waals surface area (Å²) in [4.78, 5) is 88.0. The molecule has 0 radical (unpaired) electrons. The van der Waals surface area contributed by atoms with Crippen molar-refractivity contribution in [3.05, 3.63) is 77.9 Å². The summed E-state index contributed by atoms with van der Waals surface area (Å²) >= 11 is 0. The minimum Gasteiger partial charge on any atom is -0.455 e. The number of hydrogen-bond donors (Lipinski definition) is 8. The van der Waals surface area contributed by atoms with Gasteiger partial charge in [-0.15, -0.1) is 6.58 Å². The third-order valence-electron chi connectivity index (χ3n) is 9.23. The second-order valence-corrected chi connectivity index (χ2v) is 16.4. The van der Waals surface area contributed by atoms with Crippen LogP contribution in [0.3, 0.4) is 0 Å². The van der Waals surface area contributed by atoms with E-state index in [9.17, 15) is 52.8 Å². The molecule has 4 aromatic heterocycles. The van der Waals surface area contributed by atoms with Gasteiger partial charge in [-0.3, -0.25) is 32.5 Å². The van der Waals surface area contributed by atoms with E-state index in [0.29, 0.717) is 0 Å². The molecule has 2 fully saturated rings. The summed E-state index contributed by atoms with van der Waals surface area (Å²) in [6.07, 6.45) is -7.05. The number of carbonyl (C=O) groups excluding carboxylic acids is 2. The Morgan fingerprint density at radius 3 is 2.41 bits per heavy atom. The van der Waals surface area contributed by atoms with Gasteiger partial charge in [-0.2, -0.15) is 4.98 Å². The van der Waals surface area contributed by atoms with Crippen LogP contribution in [-0.2, 0) is 57.8 Å². The summed E-state index contributed by atoms with van der Waals surface area (Å²) in [7, 11) is -10.7. The van der Waals surface area contributed by atoms with Gasteiger partial charge >= 0.3 is 27.3 Å². The number of phosphoric acid groups is 2. The molecule has 1 amide bonds. The zero-order valence-electron chi connectivity index (χ0n) is 32.5. The zero-order chi connectivity index (χ0) is 45.6. The summed E-state index contributed by atoms with van der Waals surface area (Å²) in [5, 5.41) is 25.3. The Labute approximate surface area is 353 Å². The van der Waals surface area contributed by atoms with Crippen molar-refractivity contribution in [3.8, 4) is 0 Å². The molecule has 2 aliphatic heterocycles. The standard InChI is InChI=1S/C33H41FN10O17P2/c1-2-3-4-22(45)41-18(11-55-10-16-7-17(34)9-37-8-16)32(48)60-26-19(58-31(24(26)46)44-15-40-23-28(36)38-14-39-29(23)44)13-57-63(53,54)61-27-20(12-56-62(50,51)52)59-30(25(27)47)43-6-5-21(35)42-33(43)49/h2,5-9,14-15,18-20,24-27,30-31,46-47H,1,3-4,10-13H2,(H,41,45)(H,53,54)(H2,35,42,49)(H2,36,38,39)(H2,50,51,52)/t18?,19-,20+,24+,25+,26+,27+,30+,31+/m0/s1. The molecular formula is C33H41FN10O17P2. The Morgan fingerprint density at radius 2 is 1.71 bits per heavy atom. The number of nitrogens with one attached hydrogen (secondary N) is 1. The predicted molar refractivity (Wildman–Crippen MR) is 206 cm³/mol. The number of anilines is 2.